The van der Waals surface area contributed by atoms with Crippen LogP contribution in [0.3, 0.4) is 0 Å². The SMILES string of the molecule is COc1cccc2sc(=NC(=O)Cc3cccc4ccccc34)n(C)c12. The number of rotatable bonds is 3. The normalized spacial score (nSPS) is 12.0. The van der Waals surface area contributed by atoms with Crippen molar-refractivity contribution in [2.45, 2.75) is 6.42 Å². The van der Waals surface area contributed by atoms with Crippen molar-refractivity contribution in [3.8, 4) is 5.75 Å². The fourth-order valence-corrected chi connectivity index (χ4v) is 4.25. The first-order chi connectivity index (χ1) is 12.7. The Balaban J connectivity index is 1.73. The molecule has 4 rings (SSSR count). The zero-order valence-electron chi connectivity index (χ0n) is 14.6. The molecule has 3 aromatic carbocycles. The van der Waals surface area contributed by atoms with Gasteiger partial charge in [-0.3, -0.25) is 4.79 Å². The van der Waals surface area contributed by atoms with Crippen LogP contribution >= 0.6 is 11.3 Å². The molecule has 0 aliphatic carbocycles. The van der Waals surface area contributed by atoms with Gasteiger partial charge in [0.1, 0.15) is 11.3 Å². The van der Waals surface area contributed by atoms with Gasteiger partial charge in [0, 0.05) is 7.05 Å². The monoisotopic (exact) mass is 362 g/mol. The highest BCUT2D eigenvalue weighted by Gasteiger charge is 2.10. The van der Waals surface area contributed by atoms with Gasteiger partial charge in [0.05, 0.1) is 18.2 Å². The number of aryl methyl sites for hydroxylation is 1. The van der Waals surface area contributed by atoms with Crippen LogP contribution in [0.2, 0.25) is 0 Å². The molecule has 0 N–H and O–H groups in total. The van der Waals surface area contributed by atoms with E-state index in [1.165, 1.54) is 11.3 Å². The number of hydrogen-bond donors (Lipinski definition) is 0. The summed E-state index contributed by atoms with van der Waals surface area (Å²) in [5, 5.41) is 2.23. The maximum atomic E-state index is 12.6. The van der Waals surface area contributed by atoms with Crippen molar-refractivity contribution >= 4 is 38.2 Å². The highest BCUT2D eigenvalue weighted by Crippen LogP contribution is 2.26. The average molecular weight is 362 g/mol. The van der Waals surface area contributed by atoms with Crippen LogP contribution in [0.4, 0.5) is 0 Å². The summed E-state index contributed by atoms with van der Waals surface area (Å²) >= 11 is 1.49. The number of carbonyl (C=O) groups excluding carboxylic acids is 1. The minimum absolute atomic E-state index is 0.150. The van der Waals surface area contributed by atoms with E-state index in [1.807, 2.05) is 60.1 Å². The Kier molecular flexibility index (Phi) is 4.31. The van der Waals surface area contributed by atoms with Crippen LogP contribution in [0.25, 0.3) is 21.0 Å². The van der Waals surface area contributed by atoms with Gasteiger partial charge in [-0.05, 0) is 28.5 Å². The lowest BCUT2D eigenvalue weighted by Gasteiger charge is -2.04. The van der Waals surface area contributed by atoms with Crippen LogP contribution in [0.1, 0.15) is 5.56 Å². The van der Waals surface area contributed by atoms with Crippen LogP contribution in [-0.2, 0) is 18.3 Å². The van der Waals surface area contributed by atoms with Crippen LogP contribution in [0, 0.1) is 0 Å². The minimum atomic E-state index is -0.150. The van der Waals surface area contributed by atoms with E-state index in [9.17, 15) is 4.79 Å². The van der Waals surface area contributed by atoms with E-state index in [0.29, 0.717) is 4.80 Å². The summed E-state index contributed by atoms with van der Waals surface area (Å²) in [5.41, 5.74) is 1.95. The second-order valence-electron chi connectivity index (χ2n) is 6.07. The number of para-hydroxylation sites is 1. The third-order valence-corrected chi connectivity index (χ3v) is 5.54. The van der Waals surface area contributed by atoms with Crippen molar-refractivity contribution in [2.75, 3.05) is 7.11 Å². The van der Waals surface area contributed by atoms with E-state index in [-0.39, 0.29) is 12.3 Å². The van der Waals surface area contributed by atoms with Crippen molar-refractivity contribution in [2.24, 2.45) is 12.0 Å². The lowest BCUT2D eigenvalue weighted by atomic mass is 10.0. The minimum Gasteiger partial charge on any atom is -0.495 e. The molecule has 4 nitrogen and oxygen atoms in total. The Morgan fingerprint density at radius 3 is 2.69 bits per heavy atom. The third kappa shape index (κ3) is 2.91. The molecule has 0 spiro atoms. The zero-order chi connectivity index (χ0) is 18.1. The standard InChI is InChI=1S/C21H18N2O2S/c1-23-20-17(25-2)11-6-12-18(20)26-21(23)22-19(24)13-15-9-5-8-14-7-3-4-10-16(14)15/h3-12H,13H2,1-2H3. The number of ether oxygens (including phenoxy) is 1. The van der Waals surface area contributed by atoms with Gasteiger partial charge < -0.3 is 9.30 Å². The molecule has 5 heteroatoms. The first kappa shape index (κ1) is 16.5. The Labute approximate surface area is 155 Å². The maximum absolute atomic E-state index is 12.6. The Bertz CT molecular complexity index is 1180. The summed E-state index contributed by atoms with van der Waals surface area (Å²) < 4.78 is 8.39. The van der Waals surface area contributed by atoms with Gasteiger partial charge >= 0.3 is 0 Å². The third-order valence-electron chi connectivity index (χ3n) is 4.45. The van der Waals surface area contributed by atoms with Gasteiger partial charge in [-0.15, -0.1) is 0 Å². The molecule has 0 aliphatic rings. The van der Waals surface area contributed by atoms with E-state index in [4.69, 9.17) is 4.74 Å². The van der Waals surface area contributed by atoms with Crippen molar-refractivity contribution in [3.05, 3.63) is 71.0 Å². The zero-order valence-corrected chi connectivity index (χ0v) is 15.4. The molecule has 130 valence electrons. The van der Waals surface area contributed by atoms with Gasteiger partial charge in [0.25, 0.3) is 5.91 Å². The van der Waals surface area contributed by atoms with Gasteiger partial charge in [-0.1, -0.05) is 59.9 Å². The van der Waals surface area contributed by atoms with E-state index in [0.717, 1.165) is 32.3 Å². The van der Waals surface area contributed by atoms with Crippen molar-refractivity contribution < 1.29 is 9.53 Å². The molecule has 1 amide bonds. The highest BCUT2D eigenvalue weighted by molar-refractivity contribution is 7.16. The largest absolute Gasteiger partial charge is 0.495 e. The van der Waals surface area contributed by atoms with Gasteiger partial charge in [0.2, 0.25) is 0 Å². The molecule has 0 radical (unpaired) electrons. The van der Waals surface area contributed by atoms with Crippen LogP contribution in [0.5, 0.6) is 5.75 Å². The second-order valence-corrected chi connectivity index (χ2v) is 7.08. The molecule has 0 unspecified atom stereocenters. The highest BCUT2D eigenvalue weighted by atomic mass is 32.1. The summed E-state index contributed by atoms with van der Waals surface area (Å²) in [7, 11) is 3.56. The van der Waals surface area contributed by atoms with Crippen molar-refractivity contribution in [1.82, 2.24) is 4.57 Å². The molecule has 0 saturated heterocycles. The van der Waals surface area contributed by atoms with E-state index < -0.39 is 0 Å². The van der Waals surface area contributed by atoms with E-state index >= 15 is 0 Å². The predicted octanol–water partition coefficient (Wildman–Crippen LogP) is 4.07. The number of hydrogen-bond acceptors (Lipinski definition) is 3. The molecule has 0 fully saturated rings. The number of methoxy groups -OCH3 is 1. The Morgan fingerprint density at radius 2 is 1.85 bits per heavy atom. The summed E-state index contributed by atoms with van der Waals surface area (Å²) in [6, 6.07) is 20.0. The van der Waals surface area contributed by atoms with Crippen molar-refractivity contribution in [1.29, 1.82) is 0 Å². The summed E-state index contributed by atoms with van der Waals surface area (Å²) in [5.74, 6) is 0.631. The number of fused-ring (bicyclic) bond motifs is 2. The average Bonchev–Trinajstić information content (AvgIpc) is 2.98. The topological polar surface area (TPSA) is 43.6 Å². The number of amides is 1. The molecule has 0 saturated carbocycles. The molecule has 26 heavy (non-hydrogen) atoms. The number of thiazole rings is 1. The van der Waals surface area contributed by atoms with Gasteiger partial charge in [-0.2, -0.15) is 4.99 Å². The Morgan fingerprint density at radius 1 is 1.08 bits per heavy atom. The smallest absolute Gasteiger partial charge is 0.252 e. The predicted molar refractivity (Wildman–Crippen MR) is 106 cm³/mol. The fraction of sp³-hybridized carbons (Fsp3) is 0.143. The van der Waals surface area contributed by atoms with Gasteiger partial charge in [-0.25, -0.2) is 0 Å². The number of carbonyl (C=O) groups is 1. The molecule has 1 heterocycles. The first-order valence-corrected chi connectivity index (χ1v) is 9.16. The van der Waals surface area contributed by atoms with E-state index in [2.05, 4.69) is 17.1 Å². The lowest BCUT2D eigenvalue weighted by molar-refractivity contribution is -0.117. The quantitative estimate of drug-likeness (QED) is 0.551. The second kappa shape index (κ2) is 6.77. The molecule has 1 aromatic heterocycles. The lowest BCUT2D eigenvalue weighted by Crippen LogP contribution is -2.14. The maximum Gasteiger partial charge on any atom is 0.252 e. The number of aromatic nitrogens is 1. The molecule has 0 atom stereocenters. The number of benzene rings is 3. The molecule has 4 aromatic rings. The van der Waals surface area contributed by atoms with Crippen LogP contribution < -0.4 is 9.54 Å². The molecular weight excluding hydrogens is 344 g/mol. The summed E-state index contributed by atoms with van der Waals surface area (Å²) in [6.07, 6.45) is 0.284. The molecular formula is C21H18N2O2S. The van der Waals surface area contributed by atoms with Crippen molar-refractivity contribution in [3.63, 3.8) is 0 Å². The molecule has 0 aliphatic heterocycles. The summed E-state index contributed by atoms with van der Waals surface area (Å²) in [6.45, 7) is 0. The van der Waals surface area contributed by atoms with Crippen LogP contribution in [0.15, 0.2) is 65.7 Å². The number of nitrogens with zero attached hydrogens (tertiary/aromatic N) is 2. The first-order valence-electron chi connectivity index (χ1n) is 8.34. The van der Waals surface area contributed by atoms with Gasteiger partial charge in [0.15, 0.2) is 4.80 Å². The Hall–Kier alpha value is -2.92. The summed E-state index contributed by atoms with van der Waals surface area (Å²) in [4.78, 5) is 17.6. The van der Waals surface area contributed by atoms with E-state index in [1.54, 1.807) is 7.11 Å². The molecule has 0 bridgehead atoms. The fourth-order valence-electron chi connectivity index (χ4n) is 3.20. The van der Waals surface area contributed by atoms with Crippen LogP contribution in [-0.4, -0.2) is 17.6 Å².